The lowest BCUT2D eigenvalue weighted by atomic mass is 10.1. The van der Waals surface area contributed by atoms with Crippen LogP contribution in [-0.2, 0) is 10.0 Å². The molecular weight excluding hydrogens is 358 g/mol. The number of aromatic hydroxyl groups is 1. The molecule has 0 aliphatic heterocycles. The van der Waals surface area contributed by atoms with Crippen molar-refractivity contribution in [2.75, 3.05) is 4.72 Å². The molecule has 9 heteroatoms. The third kappa shape index (κ3) is 2.78. The van der Waals surface area contributed by atoms with E-state index in [4.69, 9.17) is 4.42 Å². The van der Waals surface area contributed by atoms with Crippen LogP contribution in [0.1, 0.15) is 5.56 Å². The number of nitrogens with zero attached hydrogens (tertiary/aromatic N) is 1. The number of rotatable bonds is 3. The topological polar surface area (TPSA) is 125 Å². The lowest BCUT2D eigenvalue weighted by molar-refractivity contribution is 0.451. The number of pyridine rings is 1. The minimum atomic E-state index is -3.88. The molecule has 0 saturated carbocycles. The van der Waals surface area contributed by atoms with Gasteiger partial charge in [-0.1, -0.05) is 0 Å². The molecule has 4 rings (SSSR count). The van der Waals surface area contributed by atoms with Crippen molar-refractivity contribution in [1.29, 1.82) is 0 Å². The monoisotopic (exact) mass is 371 g/mol. The van der Waals surface area contributed by atoms with Crippen LogP contribution in [0.15, 0.2) is 56.6 Å². The number of aryl methyl sites for hydroxylation is 1. The molecule has 0 atom stereocenters. The molecule has 0 amide bonds. The number of oxazole rings is 1. The minimum absolute atomic E-state index is 0.0344. The van der Waals surface area contributed by atoms with E-state index < -0.39 is 15.8 Å². The van der Waals surface area contributed by atoms with Crippen LogP contribution >= 0.6 is 0 Å². The van der Waals surface area contributed by atoms with E-state index in [0.717, 1.165) is 0 Å². The zero-order valence-corrected chi connectivity index (χ0v) is 14.3. The van der Waals surface area contributed by atoms with Gasteiger partial charge in [0.05, 0.1) is 15.9 Å². The number of hydrogen-bond acceptors (Lipinski definition) is 6. The molecule has 0 bridgehead atoms. The minimum Gasteiger partial charge on any atom is -0.493 e. The lowest BCUT2D eigenvalue weighted by Gasteiger charge is -2.09. The summed E-state index contributed by atoms with van der Waals surface area (Å²) in [7, 11) is -3.88. The quantitative estimate of drug-likeness (QED) is 0.508. The van der Waals surface area contributed by atoms with Crippen LogP contribution in [0, 0.1) is 6.92 Å². The molecule has 132 valence electrons. The Morgan fingerprint density at radius 1 is 1.15 bits per heavy atom. The van der Waals surface area contributed by atoms with Gasteiger partial charge < -0.3 is 9.52 Å². The van der Waals surface area contributed by atoms with Crippen LogP contribution in [0.3, 0.4) is 0 Å². The number of hydrogen-bond donors (Lipinski definition) is 3. The predicted molar refractivity (Wildman–Crippen MR) is 95.8 cm³/mol. The molecule has 0 radical (unpaired) electrons. The van der Waals surface area contributed by atoms with E-state index in [1.807, 2.05) is 0 Å². The Kier molecular flexibility index (Phi) is 3.48. The number of benzene rings is 2. The lowest BCUT2D eigenvalue weighted by Crippen LogP contribution is -2.12. The summed E-state index contributed by atoms with van der Waals surface area (Å²) in [5, 5.41) is 10.3. The third-order valence-electron chi connectivity index (χ3n) is 3.93. The molecule has 0 saturated heterocycles. The van der Waals surface area contributed by atoms with Gasteiger partial charge in [-0.2, -0.15) is 0 Å². The van der Waals surface area contributed by atoms with Crippen molar-refractivity contribution in [1.82, 2.24) is 9.97 Å². The van der Waals surface area contributed by atoms with Crippen LogP contribution in [0.5, 0.6) is 5.88 Å². The van der Waals surface area contributed by atoms with Gasteiger partial charge in [0.25, 0.3) is 10.0 Å². The molecule has 0 aliphatic rings. The van der Waals surface area contributed by atoms with Gasteiger partial charge in [-0.3, -0.25) is 9.71 Å². The zero-order chi connectivity index (χ0) is 18.5. The Balaban J connectivity index is 1.73. The summed E-state index contributed by atoms with van der Waals surface area (Å²) in [4.78, 5) is 17.7. The van der Waals surface area contributed by atoms with Crippen LogP contribution in [0.4, 0.5) is 5.69 Å². The molecule has 0 aliphatic carbocycles. The van der Waals surface area contributed by atoms with Gasteiger partial charge in [-0.15, -0.1) is 0 Å². The van der Waals surface area contributed by atoms with Crippen molar-refractivity contribution in [3.05, 3.63) is 58.6 Å². The normalized spacial score (nSPS) is 11.9. The number of anilines is 1. The van der Waals surface area contributed by atoms with Gasteiger partial charge in [-0.05, 0) is 43.3 Å². The first-order valence-corrected chi connectivity index (χ1v) is 9.06. The number of aromatic amines is 1. The summed E-state index contributed by atoms with van der Waals surface area (Å²) in [6, 6.07) is 10.6. The number of aromatic nitrogens is 2. The number of sulfonamides is 1. The standard InChI is InChI=1S/C17H13N3O5S/c1-9-6-10-7-11(2-4-13(10)18-16(9)21)20-26(23,24)12-3-5-14-15(8-12)25-17(22)19-14/h2-8,20H,1H3,(H,18,21)(H,19,22). The number of H-pyrrole nitrogens is 1. The van der Waals surface area contributed by atoms with E-state index in [9.17, 15) is 18.3 Å². The van der Waals surface area contributed by atoms with Crippen molar-refractivity contribution in [3.63, 3.8) is 0 Å². The summed E-state index contributed by atoms with van der Waals surface area (Å²) in [5.74, 6) is -0.713. The van der Waals surface area contributed by atoms with Crippen LogP contribution in [0.25, 0.3) is 22.0 Å². The van der Waals surface area contributed by atoms with E-state index in [-0.39, 0.29) is 16.4 Å². The predicted octanol–water partition coefficient (Wildman–Crippen LogP) is 2.48. The van der Waals surface area contributed by atoms with Crippen molar-refractivity contribution in [2.45, 2.75) is 11.8 Å². The first-order valence-electron chi connectivity index (χ1n) is 7.58. The third-order valence-corrected chi connectivity index (χ3v) is 5.31. The fourth-order valence-corrected chi connectivity index (χ4v) is 3.71. The molecule has 4 aromatic rings. The Labute approximate surface area is 147 Å². The highest BCUT2D eigenvalue weighted by molar-refractivity contribution is 7.92. The molecule has 2 aromatic heterocycles. The van der Waals surface area contributed by atoms with Gasteiger partial charge in [0, 0.05) is 22.7 Å². The Bertz CT molecular complexity index is 1320. The highest BCUT2D eigenvalue weighted by atomic mass is 32.2. The Hall–Kier alpha value is -3.33. The zero-order valence-electron chi connectivity index (χ0n) is 13.5. The molecule has 3 N–H and O–H groups in total. The van der Waals surface area contributed by atoms with E-state index in [1.165, 1.54) is 18.2 Å². The molecule has 0 fully saturated rings. The van der Waals surface area contributed by atoms with Crippen molar-refractivity contribution in [3.8, 4) is 5.88 Å². The first-order chi connectivity index (χ1) is 12.3. The number of fused-ring (bicyclic) bond motifs is 2. The summed E-state index contributed by atoms with van der Waals surface area (Å²) in [6.07, 6.45) is 0. The largest absolute Gasteiger partial charge is 0.493 e. The summed E-state index contributed by atoms with van der Waals surface area (Å²) < 4.78 is 32.6. The number of nitrogens with one attached hydrogen (secondary N) is 2. The maximum atomic E-state index is 12.6. The van der Waals surface area contributed by atoms with Crippen molar-refractivity contribution in [2.24, 2.45) is 0 Å². The van der Waals surface area contributed by atoms with Crippen molar-refractivity contribution >= 4 is 37.7 Å². The smallest absolute Gasteiger partial charge is 0.417 e. The van der Waals surface area contributed by atoms with E-state index in [2.05, 4.69) is 14.7 Å². The maximum Gasteiger partial charge on any atom is 0.417 e. The van der Waals surface area contributed by atoms with Crippen LogP contribution < -0.4 is 10.5 Å². The molecule has 0 spiro atoms. The Morgan fingerprint density at radius 2 is 1.96 bits per heavy atom. The maximum absolute atomic E-state index is 12.6. The van der Waals surface area contributed by atoms with E-state index in [1.54, 1.807) is 31.2 Å². The van der Waals surface area contributed by atoms with E-state index >= 15 is 0 Å². The fraction of sp³-hybridized carbons (Fsp3) is 0.0588. The second kappa shape index (κ2) is 5.60. The molecule has 2 heterocycles. The van der Waals surface area contributed by atoms with Gasteiger partial charge in [0.1, 0.15) is 0 Å². The average Bonchev–Trinajstić information content (AvgIpc) is 2.95. The van der Waals surface area contributed by atoms with Gasteiger partial charge >= 0.3 is 5.76 Å². The molecule has 8 nitrogen and oxygen atoms in total. The molecule has 26 heavy (non-hydrogen) atoms. The first kappa shape index (κ1) is 16.2. The average molecular weight is 371 g/mol. The van der Waals surface area contributed by atoms with E-state index in [0.29, 0.717) is 27.7 Å². The summed E-state index contributed by atoms with van der Waals surface area (Å²) in [5.41, 5.74) is 2.06. The molecular formula is C17H13N3O5S. The SMILES string of the molecule is Cc1cc2cc(NS(=O)(=O)c3ccc4[nH]c(=O)oc4c3)ccc2nc1O. The highest BCUT2D eigenvalue weighted by Gasteiger charge is 2.16. The Morgan fingerprint density at radius 3 is 2.77 bits per heavy atom. The van der Waals surface area contributed by atoms with Crippen LogP contribution in [0.2, 0.25) is 0 Å². The summed E-state index contributed by atoms with van der Waals surface area (Å²) >= 11 is 0. The van der Waals surface area contributed by atoms with Gasteiger partial charge in [-0.25, -0.2) is 18.2 Å². The molecule has 0 unspecified atom stereocenters. The summed E-state index contributed by atoms with van der Waals surface area (Å²) in [6.45, 7) is 1.71. The van der Waals surface area contributed by atoms with Crippen LogP contribution in [-0.4, -0.2) is 23.5 Å². The van der Waals surface area contributed by atoms with Crippen molar-refractivity contribution < 1.29 is 17.9 Å². The second-order valence-corrected chi connectivity index (χ2v) is 7.50. The van der Waals surface area contributed by atoms with Gasteiger partial charge in [0.15, 0.2) is 5.58 Å². The fourth-order valence-electron chi connectivity index (χ4n) is 2.64. The highest BCUT2D eigenvalue weighted by Crippen LogP contribution is 2.25. The second-order valence-electron chi connectivity index (χ2n) is 5.81. The molecule has 2 aromatic carbocycles. The van der Waals surface area contributed by atoms with Gasteiger partial charge in [0.2, 0.25) is 5.88 Å².